The maximum Gasteiger partial charge on any atom is 0.0799 e. The minimum atomic E-state index is -0.331. The van der Waals surface area contributed by atoms with E-state index in [4.69, 9.17) is 4.74 Å². The molecule has 0 saturated heterocycles. The first-order valence-corrected chi connectivity index (χ1v) is 7.28. The first-order valence-electron chi connectivity index (χ1n) is 6.48. The quantitative estimate of drug-likeness (QED) is 0.776. The number of halogens is 1. The van der Waals surface area contributed by atoms with Gasteiger partial charge in [0.2, 0.25) is 0 Å². The van der Waals surface area contributed by atoms with Gasteiger partial charge in [-0.15, -0.1) is 0 Å². The van der Waals surface area contributed by atoms with E-state index in [0.29, 0.717) is 30.5 Å². The molecule has 17 heavy (non-hydrogen) atoms. The lowest BCUT2D eigenvalue weighted by atomic mass is 9.89. The van der Waals surface area contributed by atoms with Crippen LogP contribution >= 0.6 is 15.9 Å². The Kier molecular flexibility index (Phi) is 5.68. The van der Waals surface area contributed by atoms with Crippen LogP contribution in [0.25, 0.3) is 0 Å². The van der Waals surface area contributed by atoms with Gasteiger partial charge in [0.1, 0.15) is 0 Å². The van der Waals surface area contributed by atoms with E-state index in [9.17, 15) is 5.11 Å². The average Bonchev–Trinajstić information content (AvgIpc) is 2.83. The molecule has 1 fully saturated rings. The Balaban J connectivity index is 2.37. The third-order valence-corrected chi connectivity index (χ3v) is 4.05. The third kappa shape index (κ3) is 4.72. The molecule has 0 aromatic rings. The van der Waals surface area contributed by atoms with Crippen LogP contribution in [0.5, 0.6) is 0 Å². The van der Waals surface area contributed by atoms with Crippen LogP contribution in [-0.2, 0) is 4.74 Å². The van der Waals surface area contributed by atoms with Crippen LogP contribution in [0.2, 0.25) is 0 Å². The molecule has 0 aromatic heterocycles. The SMILES string of the molecule is CCOC[C@@H](O)C(C)CC1(C)C[C@@H]1/C=C(\C)Br. The summed E-state index contributed by atoms with van der Waals surface area (Å²) in [6, 6.07) is 0. The molecule has 1 saturated carbocycles. The summed E-state index contributed by atoms with van der Waals surface area (Å²) in [6.07, 6.45) is 4.27. The third-order valence-electron chi connectivity index (χ3n) is 3.79. The van der Waals surface area contributed by atoms with Gasteiger partial charge in [0.15, 0.2) is 0 Å². The molecule has 1 rings (SSSR count). The number of aliphatic hydroxyl groups excluding tert-OH is 1. The van der Waals surface area contributed by atoms with Crippen molar-refractivity contribution >= 4 is 15.9 Å². The lowest BCUT2D eigenvalue weighted by Gasteiger charge is -2.22. The Bertz CT molecular complexity index is 273. The first kappa shape index (κ1) is 15.2. The summed E-state index contributed by atoms with van der Waals surface area (Å²) in [5.74, 6) is 0.976. The molecule has 0 aromatic carbocycles. The molecule has 1 aliphatic rings. The molecule has 0 heterocycles. The molecule has 0 radical (unpaired) electrons. The van der Waals surface area contributed by atoms with Crippen molar-refractivity contribution in [2.45, 2.75) is 46.6 Å². The molecule has 0 bridgehead atoms. The van der Waals surface area contributed by atoms with Crippen LogP contribution in [0.3, 0.4) is 0 Å². The van der Waals surface area contributed by atoms with Gasteiger partial charge in [-0.2, -0.15) is 0 Å². The zero-order valence-electron chi connectivity index (χ0n) is 11.4. The van der Waals surface area contributed by atoms with Crippen molar-refractivity contribution in [2.24, 2.45) is 17.3 Å². The highest BCUT2D eigenvalue weighted by molar-refractivity contribution is 9.11. The number of hydrogen-bond acceptors (Lipinski definition) is 2. The summed E-state index contributed by atoms with van der Waals surface area (Å²) >= 11 is 3.49. The predicted octanol–water partition coefficient (Wildman–Crippen LogP) is 3.73. The van der Waals surface area contributed by atoms with Crippen LogP contribution in [0, 0.1) is 17.3 Å². The largest absolute Gasteiger partial charge is 0.390 e. The van der Waals surface area contributed by atoms with Crippen molar-refractivity contribution in [2.75, 3.05) is 13.2 Å². The molecular formula is C14H25BrO2. The highest BCUT2D eigenvalue weighted by Crippen LogP contribution is 2.57. The second-order valence-corrected chi connectivity index (χ2v) is 6.88. The van der Waals surface area contributed by atoms with Crippen molar-refractivity contribution in [1.29, 1.82) is 0 Å². The highest BCUT2D eigenvalue weighted by Gasteiger charge is 2.49. The van der Waals surface area contributed by atoms with Crippen molar-refractivity contribution in [3.8, 4) is 0 Å². The van der Waals surface area contributed by atoms with Gasteiger partial charge in [0.05, 0.1) is 12.7 Å². The molecule has 100 valence electrons. The molecule has 0 amide bonds. The molecule has 2 nitrogen and oxygen atoms in total. The van der Waals surface area contributed by atoms with E-state index in [1.165, 1.54) is 10.9 Å². The zero-order chi connectivity index (χ0) is 13.1. The van der Waals surface area contributed by atoms with Crippen LogP contribution in [-0.4, -0.2) is 24.4 Å². The van der Waals surface area contributed by atoms with E-state index >= 15 is 0 Å². The Hall–Kier alpha value is 0.140. The van der Waals surface area contributed by atoms with Crippen molar-refractivity contribution < 1.29 is 9.84 Å². The van der Waals surface area contributed by atoms with Gasteiger partial charge in [-0.05, 0) is 48.4 Å². The van der Waals surface area contributed by atoms with Gasteiger partial charge < -0.3 is 9.84 Å². The Morgan fingerprint density at radius 2 is 2.29 bits per heavy atom. The summed E-state index contributed by atoms with van der Waals surface area (Å²) < 4.78 is 6.49. The normalized spacial score (nSPS) is 32.4. The van der Waals surface area contributed by atoms with Gasteiger partial charge in [-0.25, -0.2) is 0 Å². The molecule has 1 N–H and O–H groups in total. The molecule has 0 spiro atoms. The van der Waals surface area contributed by atoms with Gasteiger partial charge >= 0.3 is 0 Å². The van der Waals surface area contributed by atoms with E-state index < -0.39 is 0 Å². The number of aliphatic hydroxyl groups is 1. The van der Waals surface area contributed by atoms with Crippen LogP contribution in [0.15, 0.2) is 10.6 Å². The molecular weight excluding hydrogens is 280 g/mol. The van der Waals surface area contributed by atoms with Crippen LogP contribution in [0.4, 0.5) is 0 Å². The Labute approximate surface area is 114 Å². The van der Waals surface area contributed by atoms with Crippen molar-refractivity contribution in [3.63, 3.8) is 0 Å². The second kappa shape index (κ2) is 6.35. The molecule has 1 aliphatic carbocycles. The summed E-state index contributed by atoms with van der Waals surface area (Å²) in [5, 5.41) is 9.96. The number of ether oxygens (including phenoxy) is 1. The van der Waals surface area contributed by atoms with E-state index in [2.05, 4.69) is 42.8 Å². The number of allylic oxidation sites excluding steroid dienone is 2. The summed E-state index contributed by atoms with van der Waals surface area (Å²) in [7, 11) is 0. The van der Waals surface area contributed by atoms with Crippen molar-refractivity contribution in [3.05, 3.63) is 10.6 Å². The number of hydrogen-bond donors (Lipinski definition) is 1. The summed E-state index contributed by atoms with van der Waals surface area (Å²) in [4.78, 5) is 0. The average molecular weight is 305 g/mol. The minimum absolute atomic E-state index is 0.306. The molecule has 4 atom stereocenters. The highest BCUT2D eigenvalue weighted by atomic mass is 79.9. The fourth-order valence-electron chi connectivity index (χ4n) is 2.49. The van der Waals surface area contributed by atoms with Crippen LogP contribution < -0.4 is 0 Å². The topological polar surface area (TPSA) is 29.5 Å². The smallest absolute Gasteiger partial charge is 0.0799 e. The predicted molar refractivity (Wildman–Crippen MR) is 75.2 cm³/mol. The lowest BCUT2D eigenvalue weighted by Crippen LogP contribution is -2.26. The molecule has 0 aliphatic heterocycles. The van der Waals surface area contributed by atoms with Gasteiger partial charge in [0, 0.05) is 6.61 Å². The maximum absolute atomic E-state index is 9.96. The van der Waals surface area contributed by atoms with E-state index in [0.717, 1.165) is 6.42 Å². The van der Waals surface area contributed by atoms with Gasteiger partial charge in [0.25, 0.3) is 0 Å². The fraction of sp³-hybridized carbons (Fsp3) is 0.857. The minimum Gasteiger partial charge on any atom is -0.390 e. The Morgan fingerprint density at radius 1 is 1.65 bits per heavy atom. The monoisotopic (exact) mass is 304 g/mol. The van der Waals surface area contributed by atoms with E-state index in [1.54, 1.807) is 0 Å². The van der Waals surface area contributed by atoms with Crippen LogP contribution in [0.1, 0.15) is 40.5 Å². The zero-order valence-corrected chi connectivity index (χ0v) is 13.0. The molecule has 3 heteroatoms. The Morgan fingerprint density at radius 3 is 2.82 bits per heavy atom. The van der Waals surface area contributed by atoms with Gasteiger partial charge in [-0.1, -0.05) is 35.9 Å². The standard InChI is InChI=1S/C14H25BrO2/c1-5-17-9-13(16)10(2)7-14(4)8-12(14)6-11(3)15/h6,10,12-13,16H,5,7-9H2,1-4H3/b11-6+/t10?,12-,13+,14?/m0/s1. The van der Waals surface area contributed by atoms with E-state index in [-0.39, 0.29) is 6.10 Å². The summed E-state index contributed by atoms with van der Waals surface area (Å²) in [5.41, 5.74) is 0.377. The second-order valence-electron chi connectivity index (χ2n) is 5.63. The van der Waals surface area contributed by atoms with Gasteiger partial charge in [-0.3, -0.25) is 0 Å². The lowest BCUT2D eigenvalue weighted by molar-refractivity contribution is 0.00648. The number of rotatable bonds is 7. The summed E-state index contributed by atoms with van der Waals surface area (Å²) in [6.45, 7) is 9.61. The van der Waals surface area contributed by atoms with Crippen molar-refractivity contribution in [1.82, 2.24) is 0 Å². The molecule has 2 unspecified atom stereocenters. The fourth-order valence-corrected chi connectivity index (χ4v) is 2.81. The van der Waals surface area contributed by atoms with E-state index in [1.807, 2.05) is 6.92 Å². The maximum atomic E-state index is 9.96. The first-order chi connectivity index (χ1) is 7.89.